The molecule has 0 amide bonds. The fourth-order valence-corrected chi connectivity index (χ4v) is 3.44. The van der Waals surface area contributed by atoms with Crippen molar-refractivity contribution in [3.63, 3.8) is 0 Å². The van der Waals surface area contributed by atoms with Crippen LogP contribution in [0.1, 0.15) is 77.2 Å². The van der Waals surface area contributed by atoms with Crippen LogP contribution in [-0.4, -0.2) is 16.3 Å². The highest BCUT2D eigenvalue weighted by Gasteiger charge is 2.35. The lowest BCUT2D eigenvalue weighted by Gasteiger charge is -2.36. The van der Waals surface area contributed by atoms with Crippen molar-refractivity contribution in [2.45, 2.75) is 72.4 Å². The van der Waals surface area contributed by atoms with Crippen LogP contribution < -0.4 is 5.32 Å². The van der Waals surface area contributed by atoms with Gasteiger partial charge in [0.05, 0.1) is 12.2 Å². The number of nitrogens with one attached hydrogen (secondary N) is 1. The van der Waals surface area contributed by atoms with E-state index >= 15 is 0 Å². The topological polar surface area (TPSA) is 29.9 Å². The first-order chi connectivity index (χ1) is 9.02. The smallest absolute Gasteiger partial charge is 0.0540 e. The van der Waals surface area contributed by atoms with Crippen molar-refractivity contribution >= 4 is 0 Å². The lowest BCUT2D eigenvalue weighted by Crippen LogP contribution is -2.34. The van der Waals surface area contributed by atoms with Crippen molar-refractivity contribution in [3.05, 3.63) is 17.5 Å². The van der Waals surface area contributed by atoms with E-state index in [1.807, 2.05) is 0 Å². The van der Waals surface area contributed by atoms with Crippen LogP contribution in [0, 0.1) is 5.41 Å². The molecule has 0 saturated heterocycles. The van der Waals surface area contributed by atoms with E-state index in [1.54, 1.807) is 0 Å². The Bertz CT molecular complexity index is 416. The van der Waals surface area contributed by atoms with Crippen molar-refractivity contribution in [3.8, 4) is 0 Å². The Balaban J connectivity index is 2.38. The summed E-state index contributed by atoms with van der Waals surface area (Å²) in [4.78, 5) is 0. The lowest BCUT2D eigenvalue weighted by molar-refractivity contribution is 0.247. The number of hydrogen-bond donors (Lipinski definition) is 1. The van der Waals surface area contributed by atoms with Crippen molar-refractivity contribution in [1.29, 1.82) is 0 Å². The molecule has 2 rings (SSSR count). The van der Waals surface area contributed by atoms with Gasteiger partial charge in [-0.25, -0.2) is 0 Å². The molecule has 1 N–H and O–H groups in total. The first-order valence-electron chi connectivity index (χ1n) is 7.82. The number of hydrogen-bond acceptors (Lipinski definition) is 2. The van der Waals surface area contributed by atoms with Gasteiger partial charge in [0.25, 0.3) is 0 Å². The Labute approximate surface area is 117 Å². The van der Waals surface area contributed by atoms with Gasteiger partial charge in [-0.1, -0.05) is 34.6 Å². The molecule has 1 unspecified atom stereocenters. The zero-order valence-electron chi connectivity index (χ0n) is 13.2. The second-order valence-electron chi connectivity index (χ2n) is 6.62. The maximum absolute atomic E-state index is 4.71. The van der Waals surface area contributed by atoms with Crippen LogP contribution in [0.15, 0.2) is 6.20 Å². The Morgan fingerprint density at radius 2 is 2.05 bits per heavy atom. The van der Waals surface area contributed by atoms with Gasteiger partial charge < -0.3 is 5.32 Å². The zero-order valence-corrected chi connectivity index (χ0v) is 13.2. The normalized spacial score (nSPS) is 21.7. The van der Waals surface area contributed by atoms with E-state index in [2.05, 4.69) is 50.8 Å². The molecule has 1 aliphatic carbocycles. The predicted molar refractivity (Wildman–Crippen MR) is 80.4 cm³/mol. The third kappa shape index (κ3) is 2.86. The fourth-order valence-electron chi connectivity index (χ4n) is 3.44. The maximum atomic E-state index is 4.71. The molecule has 0 spiro atoms. The summed E-state index contributed by atoms with van der Waals surface area (Å²) in [6.45, 7) is 12.5. The quantitative estimate of drug-likeness (QED) is 0.874. The molecular formula is C16H29N3. The van der Waals surface area contributed by atoms with Crippen LogP contribution in [-0.2, 0) is 6.42 Å². The number of rotatable bonds is 5. The number of fused-ring (bicyclic) bond motifs is 1. The maximum Gasteiger partial charge on any atom is 0.0540 e. The first-order valence-corrected chi connectivity index (χ1v) is 7.82. The predicted octanol–water partition coefficient (Wildman–Crippen LogP) is 3.87. The standard InChI is InChI=1S/C16H29N3/c1-6-12(7-2)19-15-10-16(4,5)9-14(17-8-3)13(15)11-18-19/h11-12,14,17H,6-10H2,1-5H3. The van der Waals surface area contributed by atoms with Crippen molar-refractivity contribution in [2.75, 3.05) is 6.54 Å². The lowest BCUT2D eigenvalue weighted by atomic mass is 9.74. The third-order valence-corrected chi connectivity index (χ3v) is 4.45. The summed E-state index contributed by atoms with van der Waals surface area (Å²) < 4.78 is 2.31. The highest BCUT2D eigenvalue weighted by atomic mass is 15.3. The van der Waals surface area contributed by atoms with Gasteiger partial charge in [0.15, 0.2) is 0 Å². The van der Waals surface area contributed by atoms with Crippen molar-refractivity contribution < 1.29 is 0 Å². The molecule has 0 saturated carbocycles. The van der Waals surface area contributed by atoms with Crippen LogP contribution in [0.2, 0.25) is 0 Å². The van der Waals surface area contributed by atoms with E-state index in [1.165, 1.54) is 17.7 Å². The number of nitrogens with zero attached hydrogens (tertiary/aromatic N) is 2. The highest BCUT2D eigenvalue weighted by molar-refractivity contribution is 5.27. The Morgan fingerprint density at radius 1 is 1.37 bits per heavy atom. The third-order valence-electron chi connectivity index (χ3n) is 4.45. The van der Waals surface area contributed by atoms with Gasteiger partial charge in [0.1, 0.15) is 0 Å². The van der Waals surface area contributed by atoms with Crippen molar-refractivity contribution in [1.82, 2.24) is 15.1 Å². The summed E-state index contributed by atoms with van der Waals surface area (Å²) in [5.41, 5.74) is 3.27. The van der Waals surface area contributed by atoms with Crippen LogP contribution in [0.25, 0.3) is 0 Å². The minimum atomic E-state index is 0.365. The summed E-state index contributed by atoms with van der Waals surface area (Å²) in [6.07, 6.45) is 6.80. The molecule has 1 heterocycles. The van der Waals surface area contributed by atoms with Gasteiger partial charge in [-0.15, -0.1) is 0 Å². The van der Waals surface area contributed by atoms with Gasteiger partial charge >= 0.3 is 0 Å². The van der Waals surface area contributed by atoms with Crippen LogP contribution in [0.5, 0.6) is 0 Å². The molecular weight excluding hydrogens is 234 g/mol. The van der Waals surface area contributed by atoms with Crippen molar-refractivity contribution in [2.24, 2.45) is 5.41 Å². The molecule has 0 aromatic carbocycles. The Hall–Kier alpha value is -0.830. The summed E-state index contributed by atoms with van der Waals surface area (Å²) in [5, 5.41) is 8.35. The molecule has 0 aliphatic heterocycles. The molecule has 0 radical (unpaired) electrons. The molecule has 1 aromatic rings. The molecule has 1 atom stereocenters. The van der Waals surface area contributed by atoms with E-state index in [9.17, 15) is 0 Å². The molecule has 0 bridgehead atoms. The average Bonchev–Trinajstić information content (AvgIpc) is 2.74. The van der Waals surface area contributed by atoms with Gasteiger partial charge in [-0.3, -0.25) is 4.68 Å². The monoisotopic (exact) mass is 263 g/mol. The molecule has 1 aromatic heterocycles. The fraction of sp³-hybridized carbons (Fsp3) is 0.812. The number of aromatic nitrogens is 2. The Morgan fingerprint density at radius 3 is 2.63 bits per heavy atom. The first kappa shape index (κ1) is 14.6. The summed E-state index contributed by atoms with van der Waals surface area (Å²) in [5.74, 6) is 0. The zero-order chi connectivity index (χ0) is 14.0. The Kier molecular flexibility index (Phi) is 4.34. The van der Waals surface area contributed by atoms with Crippen LogP contribution in [0.3, 0.4) is 0 Å². The van der Waals surface area contributed by atoms with E-state index < -0.39 is 0 Å². The van der Waals surface area contributed by atoms with Gasteiger partial charge in [-0.05, 0) is 37.6 Å². The molecule has 19 heavy (non-hydrogen) atoms. The SMILES string of the molecule is CCNC1CC(C)(C)Cc2c1cnn2C(CC)CC. The van der Waals surface area contributed by atoms with Crippen LogP contribution >= 0.6 is 0 Å². The molecule has 3 nitrogen and oxygen atoms in total. The molecule has 3 heteroatoms. The van der Waals surface area contributed by atoms with E-state index in [-0.39, 0.29) is 0 Å². The minimum Gasteiger partial charge on any atom is -0.310 e. The van der Waals surface area contributed by atoms with E-state index in [0.717, 1.165) is 25.8 Å². The highest BCUT2D eigenvalue weighted by Crippen LogP contribution is 2.41. The molecule has 1 aliphatic rings. The van der Waals surface area contributed by atoms with Gasteiger partial charge in [0, 0.05) is 17.3 Å². The van der Waals surface area contributed by atoms with Gasteiger partial charge in [-0.2, -0.15) is 5.10 Å². The summed E-state index contributed by atoms with van der Waals surface area (Å²) in [7, 11) is 0. The molecule has 0 fully saturated rings. The van der Waals surface area contributed by atoms with E-state index in [4.69, 9.17) is 5.10 Å². The average molecular weight is 263 g/mol. The second-order valence-corrected chi connectivity index (χ2v) is 6.62. The minimum absolute atomic E-state index is 0.365. The van der Waals surface area contributed by atoms with E-state index in [0.29, 0.717) is 17.5 Å². The van der Waals surface area contributed by atoms with Crippen LogP contribution in [0.4, 0.5) is 0 Å². The van der Waals surface area contributed by atoms with Gasteiger partial charge in [0.2, 0.25) is 0 Å². The second kappa shape index (κ2) is 5.66. The summed E-state index contributed by atoms with van der Waals surface area (Å²) >= 11 is 0. The molecule has 108 valence electrons. The summed E-state index contributed by atoms with van der Waals surface area (Å²) in [6, 6.07) is 1.03. The largest absolute Gasteiger partial charge is 0.310 e.